The lowest BCUT2D eigenvalue weighted by Crippen LogP contribution is -2.25. The van der Waals surface area contributed by atoms with Gasteiger partial charge < -0.3 is 5.73 Å². The van der Waals surface area contributed by atoms with Crippen molar-refractivity contribution in [1.29, 1.82) is 0 Å². The summed E-state index contributed by atoms with van der Waals surface area (Å²) in [7, 11) is -3.36. The molecular formula is C10H15IN2O2S. The molecule has 0 unspecified atom stereocenters. The molecule has 0 saturated heterocycles. The highest BCUT2D eigenvalue weighted by atomic mass is 127. The fourth-order valence-corrected chi connectivity index (χ4v) is 3.07. The summed E-state index contributed by atoms with van der Waals surface area (Å²) in [6.07, 6.45) is 1.59. The molecule has 3 N–H and O–H groups in total. The Hall–Kier alpha value is -0.180. The van der Waals surface area contributed by atoms with Gasteiger partial charge in [-0.15, -0.1) is 0 Å². The van der Waals surface area contributed by atoms with Crippen LogP contribution in [0, 0.1) is 3.57 Å². The topological polar surface area (TPSA) is 72.2 Å². The Labute approximate surface area is 110 Å². The second kappa shape index (κ2) is 6.53. The Morgan fingerprint density at radius 1 is 1.31 bits per heavy atom. The lowest BCUT2D eigenvalue weighted by Gasteiger charge is -2.06. The van der Waals surface area contributed by atoms with E-state index >= 15 is 0 Å². The average Bonchev–Trinajstić information content (AvgIpc) is 2.24. The fraction of sp³-hybridized carbons (Fsp3) is 0.400. The van der Waals surface area contributed by atoms with E-state index in [1.165, 1.54) is 0 Å². The van der Waals surface area contributed by atoms with Crippen molar-refractivity contribution in [3.05, 3.63) is 27.8 Å². The third-order valence-corrected chi connectivity index (χ3v) is 4.16. The summed E-state index contributed by atoms with van der Waals surface area (Å²) in [5.41, 5.74) is 5.33. The van der Waals surface area contributed by atoms with E-state index in [9.17, 15) is 8.42 Å². The molecule has 0 saturated carbocycles. The number of unbranched alkanes of at least 4 members (excludes halogenated alkanes) is 1. The van der Waals surface area contributed by atoms with Crippen molar-refractivity contribution in [1.82, 2.24) is 4.72 Å². The van der Waals surface area contributed by atoms with Crippen molar-refractivity contribution in [3.8, 4) is 0 Å². The van der Waals surface area contributed by atoms with Gasteiger partial charge in [0.25, 0.3) is 0 Å². The van der Waals surface area contributed by atoms with Gasteiger partial charge in [-0.25, -0.2) is 13.1 Å². The Balaban J connectivity index is 2.64. The van der Waals surface area contributed by atoms with Gasteiger partial charge in [0.1, 0.15) is 0 Å². The first-order chi connectivity index (χ1) is 7.56. The molecule has 0 bridgehead atoms. The summed E-state index contributed by atoms with van der Waals surface area (Å²) in [6, 6.07) is 6.82. The monoisotopic (exact) mass is 354 g/mol. The van der Waals surface area contributed by atoms with Crippen molar-refractivity contribution in [2.75, 3.05) is 13.1 Å². The van der Waals surface area contributed by atoms with Gasteiger partial charge >= 0.3 is 0 Å². The van der Waals surface area contributed by atoms with E-state index in [1.54, 1.807) is 18.2 Å². The van der Waals surface area contributed by atoms with Crippen molar-refractivity contribution < 1.29 is 8.42 Å². The second-order valence-corrected chi connectivity index (χ2v) is 6.36. The van der Waals surface area contributed by atoms with Gasteiger partial charge in [-0.05, 0) is 60.2 Å². The predicted octanol–water partition coefficient (Wildman–Crippen LogP) is 1.31. The van der Waals surface area contributed by atoms with E-state index in [2.05, 4.69) is 27.3 Å². The van der Waals surface area contributed by atoms with Crippen LogP contribution in [0.2, 0.25) is 0 Å². The first kappa shape index (κ1) is 13.9. The highest BCUT2D eigenvalue weighted by Crippen LogP contribution is 2.12. The van der Waals surface area contributed by atoms with E-state index in [1.807, 2.05) is 6.07 Å². The number of nitrogens with one attached hydrogen (secondary N) is 1. The fourth-order valence-electron chi connectivity index (χ4n) is 1.19. The van der Waals surface area contributed by atoms with Gasteiger partial charge in [0.2, 0.25) is 10.0 Å². The number of hydrogen-bond donors (Lipinski definition) is 2. The van der Waals surface area contributed by atoms with Crippen LogP contribution >= 0.6 is 22.6 Å². The van der Waals surface area contributed by atoms with Crippen LogP contribution in [0.5, 0.6) is 0 Å². The van der Waals surface area contributed by atoms with Crippen LogP contribution in [-0.4, -0.2) is 21.5 Å². The first-order valence-corrected chi connectivity index (χ1v) is 7.58. The molecule has 0 aromatic heterocycles. The van der Waals surface area contributed by atoms with E-state index in [-0.39, 0.29) is 0 Å². The van der Waals surface area contributed by atoms with E-state index < -0.39 is 10.0 Å². The van der Waals surface area contributed by atoms with Gasteiger partial charge in [0, 0.05) is 10.1 Å². The minimum atomic E-state index is -3.36. The van der Waals surface area contributed by atoms with Gasteiger partial charge in [-0.2, -0.15) is 0 Å². The van der Waals surface area contributed by atoms with Crippen LogP contribution in [0.25, 0.3) is 0 Å². The molecule has 0 heterocycles. The minimum absolute atomic E-state index is 0.312. The molecule has 1 rings (SSSR count). The molecule has 90 valence electrons. The molecular weight excluding hydrogens is 339 g/mol. The Kier molecular flexibility index (Phi) is 5.67. The van der Waals surface area contributed by atoms with Gasteiger partial charge in [-0.3, -0.25) is 0 Å². The summed E-state index contributed by atoms with van der Waals surface area (Å²) in [4.78, 5) is 0.312. The molecule has 1 aromatic carbocycles. The molecule has 0 fully saturated rings. The Bertz CT molecular complexity index is 434. The number of hydrogen-bond acceptors (Lipinski definition) is 3. The van der Waals surface area contributed by atoms with Crippen LogP contribution in [0.15, 0.2) is 29.2 Å². The predicted molar refractivity (Wildman–Crippen MR) is 72.6 cm³/mol. The van der Waals surface area contributed by atoms with Crippen LogP contribution < -0.4 is 10.5 Å². The van der Waals surface area contributed by atoms with Gasteiger partial charge in [0.05, 0.1) is 4.90 Å². The van der Waals surface area contributed by atoms with E-state index in [0.29, 0.717) is 18.0 Å². The van der Waals surface area contributed by atoms with Gasteiger partial charge in [0.15, 0.2) is 0 Å². The van der Waals surface area contributed by atoms with Crippen molar-refractivity contribution in [2.24, 2.45) is 5.73 Å². The molecule has 4 nitrogen and oxygen atoms in total. The molecule has 6 heteroatoms. The quantitative estimate of drug-likeness (QED) is 0.598. The summed E-state index contributed by atoms with van der Waals surface area (Å²) in [5, 5.41) is 0. The summed E-state index contributed by atoms with van der Waals surface area (Å²) >= 11 is 2.09. The van der Waals surface area contributed by atoms with Gasteiger partial charge in [-0.1, -0.05) is 6.07 Å². The molecule has 0 spiro atoms. The summed E-state index contributed by atoms with van der Waals surface area (Å²) in [5.74, 6) is 0. The van der Waals surface area contributed by atoms with Crippen molar-refractivity contribution in [2.45, 2.75) is 17.7 Å². The van der Waals surface area contributed by atoms with Crippen LogP contribution in [0.1, 0.15) is 12.8 Å². The minimum Gasteiger partial charge on any atom is -0.330 e. The second-order valence-electron chi connectivity index (χ2n) is 3.35. The van der Waals surface area contributed by atoms with Crippen molar-refractivity contribution >= 4 is 32.6 Å². The SMILES string of the molecule is NCCCCNS(=O)(=O)c1cccc(I)c1. The highest BCUT2D eigenvalue weighted by molar-refractivity contribution is 14.1. The maximum absolute atomic E-state index is 11.8. The average molecular weight is 354 g/mol. The number of nitrogens with two attached hydrogens (primary N) is 1. The van der Waals surface area contributed by atoms with Crippen LogP contribution in [-0.2, 0) is 10.0 Å². The Morgan fingerprint density at radius 2 is 2.06 bits per heavy atom. The zero-order chi connectivity index (χ0) is 12.0. The van der Waals surface area contributed by atoms with Crippen LogP contribution in [0.4, 0.5) is 0 Å². The lowest BCUT2D eigenvalue weighted by molar-refractivity contribution is 0.577. The molecule has 16 heavy (non-hydrogen) atoms. The first-order valence-electron chi connectivity index (χ1n) is 5.01. The number of halogens is 1. The molecule has 0 amide bonds. The molecule has 0 aliphatic rings. The zero-order valence-corrected chi connectivity index (χ0v) is 11.8. The standard InChI is InChI=1S/C10H15IN2O2S/c11-9-4-3-5-10(8-9)16(14,15)13-7-2-1-6-12/h3-5,8,13H,1-2,6-7,12H2. The largest absolute Gasteiger partial charge is 0.330 e. The molecule has 0 aliphatic carbocycles. The molecule has 0 aliphatic heterocycles. The van der Waals surface area contributed by atoms with E-state index in [4.69, 9.17) is 5.73 Å². The third-order valence-electron chi connectivity index (χ3n) is 2.03. The molecule has 0 radical (unpaired) electrons. The Morgan fingerprint density at radius 3 is 2.69 bits per heavy atom. The molecule has 0 atom stereocenters. The number of rotatable bonds is 6. The summed E-state index contributed by atoms with van der Waals surface area (Å²) < 4.78 is 27.1. The van der Waals surface area contributed by atoms with Crippen LogP contribution in [0.3, 0.4) is 0 Å². The lowest BCUT2D eigenvalue weighted by atomic mass is 10.3. The van der Waals surface area contributed by atoms with E-state index in [0.717, 1.165) is 16.4 Å². The smallest absolute Gasteiger partial charge is 0.240 e. The highest BCUT2D eigenvalue weighted by Gasteiger charge is 2.12. The summed E-state index contributed by atoms with van der Waals surface area (Å²) in [6.45, 7) is 1.02. The number of sulfonamides is 1. The zero-order valence-electron chi connectivity index (χ0n) is 8.82. The maximum Gasteiger partial charge on any atom is 0.240 e. The third kappa shape index (κ3) is 4.36. The number of benzene rings is 1. The van der Waals surface area contributed by atoms with Crippen molar-refractivity contribution in [3.63, 3.8) is 0 Å². The normalized spacial score (nSPS) is 11.6. The molecule has 1 aromatic rings. The maximum atomic E-state index is 11.8.